The Kier molecular flexibility index (Phi) is 29.1. The molecule has 0 aliphatic heterocycles. The van der Waals surface area contributed by atoms with Crippen LogP contribution >= 0.6 is 0 Å². The summed E-state index contributed by atoms with van der Waals surface area (Å²) in [6, 6.07) is 0. The van der Waals surface area contributed by atoms with Crippen LogP contribution < -0.4 is 21.3 Å². The molecule has 0 saturated heterocycles. The topological polar surface area (TPSA) is 116 Å². The van der Waals surface area contributed by atoms with Gasteiger partial charge in [0, 0.05) is 24.7 Å². The molecule has 0 aliphatic rings. The summed E-state index contributed by atoms with van der Waals surface area (Å²) in [7, 11) is 1.77. The standard InChI is InChI=1S/C38H74N4O4/c1-7-9-11-13-15-17-19-21-25-34(33(5)43)31(3)32(4)35(26-22-20-18-16-14-12-10-8-2)38(46)42-30-41-37(45)28-24-23-27-36(44)40-29-39-6/h31-32,34-35,39H,7-30H2,1-6H3,(H,40,44)(H,41,45)(H,42,46). The lowest BCUT2D eigenvalue weighted by Crippen LogP contribution is -2.43. The predicted molar refractivity (Wildman–Crippen MR) is 192 cm³/mol. The van der Waals surface area contributed by atoms with Gasteiger partial charge in [-0.3, -0.25) is 19.2 Å². The fraction of sp³-hybridized carbons (Fsp3) is 0.895. The molecule has 0 rings (SSSR count). The lowest BCUT2D eigenvalue weighted by Gasteiger charge is -2.33. The van der Waals surface area contributed by atoms with E-state index in [2.05, 4.69) is 49.0 Å². The molecule has 0 fully saturated rings. The summed E-state index contributed by atoms with van der Waals surface area (Å²) in [5.41, 5.74) is 0. The average Bonchev–Trinajstić information content (AvgIpc) is 3.03. The van der Waals surface area contributed by atoms with Gasteiger partial charge in [-0.25, -0.2) is 0 Å². The van der Waals surface area contributed by atoms with Crippen LogP contribution in [0.2, 0.25) is 0 Å². The maximum atomic E-state index is 13.5. The van der Waals surface area contributed by atoms with Crippen LogP contribution in [0.3, 0.4) is 0 Å². The van der Waals surface area contributed by atoms with Crippen LogP contribution in [-0.2, 0) is 19.2 Å². The summed E-state index contributed by atoms with van der Waals surface area (Å²) in [6.07, 6.45) is 23.4. The van der Waals surface area contributed by atoms with Gasteiger partial charge >= 0.3 is 0 Å². The molecule has 0 saturated carbocycles. The number of hydrogen-bond acceptors (Lipinski definition) is 5. The molecule has 0 aliphatic carbocycles. The van der Waals surface area contributed by atoms with Crippen LogP contribution in [0.4, 0.5) is 0 Å². The van der Waals surface area contributed by atoms with Gasteiger partial charge in [-0.15, -0.1) is 0 Å². The number of rotatable bonds is 32. The van der Waals surface area contributed by atoms with E-state index in [1.807, 2.05) is 0 Å². The molecule has 8 nitrogen and oxygen atoms in total. The Labute approximate surface area is 283 Å². The van der Waals surface area contributed by atoms with Crippen molar-refractivity contribution in [3.05, 3.63) is 0 Å². The number of ketones is 1. The molecule has 270 valence electrons. The highest BCUT2D eigenvalue weighted by Gasteiger charge is 2.34. The van der Waals surface area contributed by atoms with Gasteiger partial charge in [0.05, 0.1) is 13.3 Å². The molecular weight excluding hydrogens is 576 g/mol. The predicted octanol–water partition coefficient (Wildman–Crippen LogP) is 8.19. The summed E-state index contributed by atoms with van der Waals surface area (Å²) in [5.74, 6) is 0.0201. The van der Waals surface area contributed by atoms with E-state index in [1.54, 1.807) is 14.0 Å². The van der Waals surface area contributed by atoms with E-state index < -0.39 is 0 Å². The van der Waals surface area contributed by atoms with Crippen LogP contribution in [0.15, 0.2) is 0 Å². The summed E-state index contributed by atoms with van der Waals surface area (Å²) >= 11 is 0. The number of unbranched alkanes of at least 4 members (excludes halogenated alkanes) is 15. The maximum Gasteiger partial charge on any atom is 0.224 e. The average molecular weight is 651 g/mol. The fourth-order valence-corrected chi connectivity index (χ4v) is 6.49. The Morgan fingerprint density at radius 3 is 1.33 bits per heavy atom. The van der Waals surface area contributed by atoms with E-state index in [1.165, 1.54) is 83.5 Å². The normalized spacial score (nSPS) is 13.9. The van der Waals surface area contributed by atoms with Gasteiger partial charge in [0.15, 0.2) is 0 Å². The molecule has 46 heavy (non-hydrogen) atoms. The first-order valence-corrected chi connectivity index (χ1v) is 19.2. The Hall–Kier alpha value is -1.96. The third kappa shape index (κ3) is 23.4. The minimum atomic E-state index is -0.191. The molecule has 4 atom stereocenters. The summed E-state index contributed by atoms with van der Waals surface area (Å²) < 4.78 is 0. The highest BCUT2D eigenvalue weighted by molar-refractivity contribution is 5.81. The smallest absolute Gasteiger partial charge is 0.224 e. The Morgan fingerprint density at radius 2 is 0.891 bits per heavy atom. The zero-order chi connectivity index (χ0) is 34.4. The third-order valence-corrected chi connectivity index (χ3v) is 9.76. The molecule has 8 heteroatoms. The molecule has 0 aromatic heterocycles. The van der Waals surface area contributed by atoms with Crippen LogP contribution in [0.5, 0.6) is 0 Å². The van der Waals surface area contributed by atoms with Gasteiger partial charge in [0.2, 0.25) is 17.7 Å². The number of Topliss-reactive ketones (excluding diaryl/α,β-unsaturated/α-hetero) is 1. The van der Waals surface area contributed by atoms with Crippen molar-refractivity contribution < 1.29 is 19.2 Å². The first-order chi connectivity index (χ1) is 22.2. The highest BCUT2D eigenvalue weighted by Crippen LogP contribution is 2.34. The lowest BCUT2D eigenvalue weighted by atomic mass is 9.72. The van der Waals surface area contributed by atoms with E-state index in [4.69, 9.17) is 0 Å². The van der Waals surface area contributed by atoms with Crippen molar-refractivity contribution in [3.8, 4) is 0 Å². The van der Waals surface area contributed by atoms with Crippen molar-refractivity contribution in [2.45, 2.75) is 176 Å². The highest BCUT2D eigenvalue weighted by atomic mass is 16.2. The third-order valence-electron chi connectivity index (χ3n) is 9.76. The number of carbonyl (C=O) groups is 4. The fourth-order valence-electron chi connectivity index (χ4n) is 6.49. The van der Waals surface area contributed by atoms with Gasteiger partial charge in [-0.1, -0.05) is 130 Å². The lowest BCUT2D eigenvalue weighted by molar-refractivity contribution is -0.130. The summed E-state index contributed by atoms with van der Waals surface area (Å²) in [4.78, 5) is 50.4. The van der Waals surface area contributed by atoms with Crippen molar-refractivity contribution >= 4 is 23.5 Å². The van der Waals surface area contributed by atoms with Gasteiger partial charge < -0.3 is 21.3 Å². The van der Waals surface area contributed by atoms with Gasteiger partial charge in [-0.2, -0.15) is 0 Å². The second-order valence-corrected chi connectivity index (χ2v) is 13.7. The van der Waals surface area contributed by atoms with Crippen molar-refractivity contribution in [2.24, 2.45) is 23.7 Å². The maximum absolute atomic E-state index is 13.5. The van der Waals surface area contributed by atoms with E-state index in [0.717, 1.165) is 32.1 Å². The van der Waals surface area contributed by atoms with Crippen LogP contribution in [-0.4, -0.2) is 43.9 Å². The Balaban J connectivity index is 4.96. The van der Waals surface area contributed by atoms with Crippen molar-refractivity contribution in [3.63, 3.8) is 0 Å². The van der Waals surface area contributed by atoms with Crippen LogP contribution in [0.25, 0.3) is 0 Å². The van der Waals surface area contributed by atoms with Crippen molar-refractivity contribution in [1.29, 1.82) is 0 Å². The SMILES string of the molecule is CCCCCCCCCCC(C(C)=O)C(C)C(C)C(CCCCCCCCCC)C(=O)NCNC(=O)CCCCC(=O)NCNC. The zero-order valence-electron chi connectivity index (χ0n) is 30.9. The van der Waals surface area contributed by atoms with Crippen LogP contribution in [0, 0.1) is 23.7 Å². The number of nitrogens with one attached hydrogen (secondary N) is 4. The number of amides is 3. The van der Waals surface area contributed by atoms with Crippen molar-refractivity contribution in [2.75, 3.05) is 20.4 Å². The molecule has 3 amide bonds. The van der Waals surface area contributed by atoms with E-state index in [0.29, 0.717) is 32.4 Å². The van der Waals surface area contributed by atoms with E-state index in [9.17, 15) is 19.2 Å². The number of carbonyl (C=O) groups excluding carboxylic acids is 4. The number of hydrogen-bond donors (Lipinski definition) is 4. The van der Waals surface area contributed by atoms with E-state index in [-0.39, 0.29) is 53.8 Å². The molecule has 0 spiro atoms. The minimum absolute atomic E-state index is 0.0241. The molecule has 4 N–H and O–H groups in total. The monoisotopic (exact) mass is 651 g/mol. The second kappa shape index (κ2) is 30.4. The molecule has 0 aromatic rings. The van der Waals surface area contributed by atoms with Gasteiger partial charge in [0.25, 0.3) is 0 Å². The first kappa shape index (κ1) is 44.0. The molecule has 0 aromatic carbocycles. The Bertz CT molecular complexity index is 791. The molecular formula is C38H74N4O4. The molecule has 0 bridgehead atoms. The van der Waals surface area contributed by atoms with Crippen molar-refractivity contribution in [1.82, 2.24) is 21.3 Å². The zero-order valence-corrected chi connectivity index (χ0v) is 30.9. The van der Waals surface area contributed by atoms with Gasteiger partial charge in [-0.05, 0) is 51.5 Å². The Morgan fingerprint density at radius 1 is 0.500 bits per heavy atom. The molecule has 0 heterocycles. The van der Waals surface area contributed by atoms with Crippen LogP contribution in [0.1, 0.15) is 176 Å². The second-order valence-electron chi connectivity index (χ2n) is 13.7. The molecule has 0 radical (unpaired) electrons. The van der Waals surface area contributed by atoms with Gasteiger partial charge in [0.1, 0.15) is 5.78 Å². The summed E-state index contributed by atoms with van der Waals surface area (Å²) in [6.45, 7) is 11.0. The quantitative estimate of drug-likeness (QED) is 0.0433. The minimum Gasteiger partial charge on any atom is -0.344 e. The van der Waals surface area contributed by atoms with E-state index >= 15 is 0 Å². The summed E-state index contributed by atoms with van der Waals surface area (Å²) in [5, 5.41) is 11.4. The molecule has 4 unspecified atom stereocenters. The first-order valence-electron chi connectivity index (χ1n) is 19.2. The largest absolute Gasteiger partial charge is 0.344 e.